The maximum absolute atomic E-state index is 11.7. The number of carbonyl (C=O) groups is 1. The molecule has 100 valence electrons. The number of hydrogen-bond donors (Lipinski definition) is 3. The Hall–Kier alpha value is -0.650. The van der Waals surface area contributed by atoms with E-state index in [0.717, 1.165) is 25.8 Å². The van der Waals surface area contributed by atoms with Gasteiger partial charge in [-0.1, -0.05) is 12.8 Å². The molecular weight excluding hydrogens is 218 g/mol. The van der Waals surface area contributed by atoms with Gasteiger partial charge in [0.25, 0.3) is 0 Å². The highest BCUT2D eigenvalue weighted by Gasteiger charge is 2.32. The average molecular weight is 243 g/mol. The van der Waals surface area contributed by atoms with Gasteiger partial charge in [0, 0.05) is 12.6 Å². The molecular formula is C12H25N3O2. The molecule has 1 aliphatic rings. The first-order valence-corrected chi connectivity index (χ1v) is 6.37. The molecule has 5 nitrogen and oxygen atoms in total. The Morgan fingerprint density at radius 1 is 1.47 bits per heavy atom. The first-order valence-electron chi connectivity index (χ1n) is 6.37. The Kier molecular flexibility index (Phi) is 5.36. The fourth-order valence-electron chi connectivity index (χ4n) is 2.43. The van der Waals surface area contributed by atoms with Crippen LogP contribution in [0.15, 0.2) is 0 Å². The molecule has 1 atom stereocenters. The largest absolute Gasteiger partial charge is 0.395 e. The molecule has 0 bridgehead atoms. The molecule has 0 aliphatic carbocycles. The van der Waals surface area contributed by atoms with E-state index < -0.39 is 5.41 Å². The van der Waals surface area contributed by atoms with Crippen molar-refractivity contribution in [1.82, 2.24) is 10.3 Å². The van der Waals surface area contributed by atoms with Crippen LogP contribution in [0.4, 0.5) is 0 Å². The molecule has 1 rings (SSSR count). The number of aliphatic hydroxyl groups excluding tert-OH is 1. The van der Waals surface area contributed by atoms with Crippen LogP contribution in [0.1, 0.15) is 39.5 Å². The maximum Gasteiger partial charge on any atom is 0.240 e. The highest BCUT2D eigenvalue weighted by molar-refractivity contribution is 5.81. The standard InChI is InChI=1S/C12H25N3O2/c1-12(2,11(17)14-13)9-15-7-5-3-4-6-10(15)8-16/h10,16H,3-9,13H2,1-2H3,(H,14,17). The zero-order valence-corrected chi connectivity index (χ0v) is 10.9. The van der Waals surface area contributed by atoms with E-state index >= 15 is 0 Å². The lowest BCUT2D eigenvalue weighted by Gasteiger charge is -2.35. The summed E-state index contributed by atoms with van der Waals surface area (Å²) in [6.45, 7) is 5.52. The number of amides is 1. The Morgan fingerprint density at radius 2 is 2.18 bits per heavy atom. The normalized spacial score (nSPS) is 23.2. The number of nitrogens with one attached hydrogen (secondary N) is 1. The summed E-state index contributed by atoms with van der Waals surface area (Å²) in [6.07, 6.45) is 4.51. The molecule has 4 N–H and O–H groups in total. The highest BCUT2D eigenvalue weighted by atomic mass is 16.3. The Balaban J connectivity index is 2.65. The van der Waals surface area contributed by atoms with Crippen LogP contribution in [-0.4, -0.2) is 41.7 Å². The van der Waals surface area contributed by atoms with Gasteiger partial charge >= 0.3 is 0 Å². The van der Waals surface area contributed by atoms with Gasteiger partial charge in [0.15, 0.2) is 0 Å². The molecule has 0 saturated carbocycles. The van der Waals surface area contributed by atoms with Crippen molar-refractivity contribution in [2.45, 2.75) is 45.6 Å². The monoisotopic (exact) mass is 243 g/mol. The van der Waals surface area contributed by atoms with Crippen molar-refractivity contribution in [1.29, 1.82) is 0 Å². The lowest BCUT2D eigenvalue weighted by molar-refractivity contribution is -0.130. The van der Waals surface area contributed by atoms with Gasteiger partial charge < -0.3 is 5.11 Å². The maximum atomic E-state index is 11.7. The highest BCUT2D eigenvalue weighted by Crippen LogP contribution is 2.23. The number of nitrogens with zero attached hydrogens (tertiary/aromatic N) is 1. The summed E-state index contributed by atoms with van der Waals surface area (Å²) in [5.74, 6) is 5.04. The van der Waals surface area contributed by atoms with Crippen molar-refractivity contribution < 1.29 is 9.90 Å². The van der Waals surface area contributed by atoms with Crippen LogP contribution in [0.3, 0.4) is 0 Å². The van der Waals surface area contributed by atoms with Crippen LogP contribution in [-0.2, 0) is 4.79 Å². The molecule has 1 heterocycles. The molecule has 0 radical (unpaired) electrons. The molecule has 1 amide bonds. The molecule has 1 saturated heterocycles. The van der Waals surface area contributed by atoms with Crippen molar-refractivity contribution in [2.75, 3.05) is 19.7 Å². The van der Waals surface area contributed by atoms with Gasteiger partial charge in [0.05, 0.1) is 12.0 Å². The van der Waals surface area contributed by atoms with Gasteiger partial charge in [-0.2, -0.15) is 0 Å². The minimum atomic E-state index is -0.521. The van der Waals surface area contributed by atoms with Crippen molar-refractivity contribution in [2.24, 2.45) is 11.3 Å². The molecule has 0 aromatic rings. The van der Waals surface area contributed by atoms with E-state index in [0.29, 0.717) is 6.54 Å². The lowest BCUT2D eigenvalue weighted by Crippen LogP contribution is -2.50. The summed E-state index contributed by atoms with van der Waals surface area (Å²) < 4.78 is 0. The van der Waals surface area contributed by atoms with Crippen molar-refractivity contribution in [3.63, 3.8) is 0 Å². The Morgan fingerprint density at radius 3 is 2.76 bits per heavy atom. The molecule has 5 heteroatoms. The van der Waals surface area contributed by atoms with Crippen LogP contribution >= 0.6 is 0 Å². The van der Waals surface area contributed by atoms with Gasteiger partial charge in [0.2, 0.25) is 5.91 Å². The number of hydrazine groups is 1. The molecule has 0 aromatic carbocycles. The van der Waals surface area contributed by atoms with E-state index in [2.05, 4.69) is 10.3 Å². The summed E-state index contributed by atoms with van der Waals surface area (Å²) in [5.41, 5.74) is 1.69. The second-order valence-corrected chi connectivity index (χ2v) is 5.51. The van der Waals surface area contributed by atoms with Gasteiger partial charge in [-0.25, -0.2) is 5.84 Å². The zero-order valence-electron chi connectivity index (χ0n) is 10.9. The average Bonchev–Trinajstić information content (AvgIpc) is 2.52. The molecule has 0 spiro atoms. The summed E-state index contributed by atoms with van der Waals surface area (Å²) in [5, 5.41) is 9.41. The number of likely N-dealkylation sites (tertiary alicyclic amines) is 1. The van der Waals surface area contributed by atoms with E-state index in [1.807, 2.05) is 13.8 Å². The zero-order chi connectivity index (χ0) is 12.9. The summed E-state index contributed by atoms with van der Waals surface area (Å²) in [7, 11) is 0. The third-order valence-electron chi connectivity index (χ3n) is 3.55. The fourth-order valence-corrected chi connectivity index (χ4v) is 2.43. The Bertz CT molecular complexity index is 256. The number of nitrogens with two attached hydrogens (primary N) is 1. The predicted octanol–water partition coefficient (Wildman–Crippen LogP) is 0.239. The third kappa shape index (κ3) is 3.94. The van der Waals surface area contributed by atoms with Crippen LogP contribution in [0.2, 0.25) is 0 Å². The first-order chi connectivity index (χ1) is 8.01. The van der Waals surface area contributed by atoms with Gasteiger partial charge in [-0.3, -0.25) is 15.1 Å². The molecule has 1 unspecified atom stereocenters. The van der Waals surface area contributed by atoms with Crippen LogP contribution in [0, 0.1) is 5.41 Å². The number of rotatable bonds is 4. The first kappa shape index (κ1) is 14.4. The fraction of sp³-hybridized carbons (Fsp3) is 0.917. The minimum absolute atomic E-state index is 0.154. The molecule has 1 aliphatic heterocycles. The topological polar surface area (TPSA) is 78.6 Å². The van der Waals surface area contributed by atoms with E-state index in [-0.39, 0.29) is 18.6 Å². The van der Waals surface area contributed by atoms with Crippen molar-refractivity contribution in [3.8, 4) is 0 Å². The van der Waals surface area contributed by atoms with Crippen LogP contribution < -0.4 is 11.3 Å². The summed E-state index contributed by atoms with van der Waals surface area (Å²) in [4.78, 5) is 13.9. The molecule has 0 aromatic heterocycles. The second kappa shape index (κ2) is 6.33. The molecule has 1 fully saturated rings. The predicted molar refractivity (Wildman–Crippen MR) is 67.0 cm³/mol. The van der Waals surface area contributed by atoms with E-state index in [1.165, 1.54) is 6.42 Å². The van der Waals surface area contributed by atoms with Crippen LogP contribution in [0.5, 0.6) is 0 Å². The number of carbonyl (C=O) groups excluding carboxylic acids is 1. The molecule has 17 heavy (non-hydrogen) atoms. The second-order valence-electron chi connectivity index (χ2n) is 5.51. The van der Waals surface area contributed by atoms with E-state index in [1.54, 1.807) is 0 Å². The van der Waals surface area contributed by atoms with E-state index in [4.69, 9.17) is 5.84 Å². The number of aliphatic hydroxyl groups is 1. The summed E-state index contributed by atoms with van der Waals surface area (Å²) in [6, 6.07) is 0.183. The van der Waals surface area contributed by atoms with Gasteiger partial charge in [-0.15, -0.1) is 0 Å². The van der Waals surface area contributed by atoms with Gasteiger partial charge in [0.1, 0.15) is 0 Å². The van der Waals surface area contributed by atoms with Crippen molar-refractivity contribution in [3.05, 3.63) is 0 Å². The smallest absolute Gasteiger partial charge is 0.240 e. The summed E-state index contributed by atoms with van der Waals surface area (Å²) >= 11 is 0. The van der Waals surface area contributed by atoms with Crippen LogP contribution in [0.25, 0.3) is 0 Å². The third-order valence-corrected chi connectivity index (χ3v) is 3.55. The Labute approximate surface area is 103 Å². The lowest BCUT2D eigenvalue weighted by atomic mass is 9.91. The minimum Gasteiger partial charge on any atom is -0.395 e. The van der Waals surface area contributed by atoms with Gasteiger partial charge in [-0.05, 0) is 33.2 Å². The SMILES string of the molecule is CC(C)(CN1CCCCCC1CO)C(=O)NN. The number of hydrogen-bond acceptors (Lipinski definition) is 4. The van der Waals surface area contributed by atoms with E-state index in [9.17, 15) is 9.90 Å². The quantitative estimate of drug-likeness (QED) is 0.375. The van der Waals surface area contributed by atoms with Crippen molar-refractivity contribution >= 4 is 5.91 Å².